The molecule has 3 heterocycles. The molecule has 2 unspecified atom stereocenters. The Labute approximate surface area is 148 Å². The Morgan fingerprint density at radius 3 is 2.32 bits per heavy atom. The molecule has 6 heteroatoms. The molecule has 2 aliphatic rings. The summed E-state index contributed by atoms with van der Waals surface area (Å²) in [6.07, 6.45) is 8.59. The molecule has 4 rings (SSSR count). The highest BCUT2D eigenvalue weighted by atomic mass is 16.2. The number of carbonyl (C=O) groups is 1. The number of amides is 1. The van der Waals surface area contributed by atoms with Gasteiger partial charge < -0.3 is 9.80 Å². The first-order chi connectivity index (χ1) is 12.1. The average Bonchev–Trinajstić information content (AvgIpc) is 3.21. The Morgan fingerprint density at radius 1 is 1.12 bits per heavy atom. The lowest BCUT2D eigenvalue weighted by molar-refractivity contribution is -0.132. The van der Waals surface area contributed by atoms with Crippen LogP contribution in [-0.4, -0.2) is 62.7 Å². The number of nitrogens with zero attached hydrogens (tertiary/aromatic N) is 5. The molecule has 2 saturated heterocycles. The third kappa shape index (κ3) is 3.18. The van der Waals surface area contributed by atoms with Crippen LogP contribution in [0.4, 0.5) is 0 Å². The summed E-state index contributed by atoms with van der Waals surface area (Å²) in [5, 5.41) is 7.63. The monoisotopic (exact) mass is 339 g/mol. The van der Waals surface area contributed by atoms with Crippen molar-refractivity contribution < 1.29 is 4.79 Å². The molecule has 2 fully saturated rings. The maximum absolute atomic E-state index is 12.7. The lowest BCUT2D eigenvalue weighted by atomic mass is 9.96. The number of carbonyl (C=O) groups excluding carboxylic acids is 1. The third-order valence-electron chi connectivity index (χ3n) is 6.02. The molecule has 1 aromatic heterocycles. The van der Waals surface area contributed by atoms with Crippen LogP contribution in [0.2, 0.25) is 0 Å². The number of hydrogen-bond acceptors (Lipinski definition) is 4. The molecule has 2 bridgehead atoms. The van der Waals surface area contributed by atoms with Crippen LogP contribution in [0.3, 0.4) is 0 Å². The molecule has 6 nitrogen and oxygen atoms in total. The largest absolute Gasteiger partial charge is 0.342 e. The molecule has 0 saturated carbocycles. The van der Waals surface area contributed by atoms with Gasteiger partial charge in [-0.05, 0) is 50.4 Å². The van der Waals surface area contributed by atoms with Crippen LogP contribution in [-0.2, 0) is 11.2 Å². The molecule has 2 aliphatic heterocycles. The van der Waals surface area contributed by atoms with Crippen molar-refractivity contribution in [3.05, 3.63) is 42.5 Å². The number of aromatic nitrogens is 3. The van der Waals surface area contributed by atoms with Gasteiger partial charge in [-0.2, -0.15) is 0 Å². The van der Waals surface area contributed by atoms with E-state index in [0.29, 0.717) is 24.5 Å². The van der Waals surface area contributed by atoms with Gasteiger partial charge in [0.1, 0.15) is 12.7 Å². The van der Waals surface area contributed by atoms with Gasteiger partial charge in [0.15, 0.2) is 0 Å². The molecule has 0 N–H and O–H groups in total. The fourth-order valence-electron chi connectivity index (χ4n) is 4.32. The molecule has 2 aromatic rings. The summed E-state index contributed by atoms with van der Waals surface area (Å²) in [7, 11) is 4.21. The minimum Gasteiger partial charge on any atom is -0.342 e. The fraction of sp³-hybridized carbons (Fsp3) is 0.526. The maximum Gasteiger partial charge on any atom is 0.226 e. The Hall–Kier alpha value is -2.21. The Kier molecular flexibility index (Phi) is 4.29. The van der Waals surface area contributed by atoms with Gasteiger partial charge in [-0.25, -0.2) is 0 Å². The first-order valence-electron chi connectivity index (χ1n) is 9.03. The molecule has 1 amide bonds. The number of fused-ring (bicyclic) bond motifs is 2. The highest BCUT2D eigenvalue weighted by Crippen LogP contribution is 2.36. The van der Waals surface area contributed by atoms with E-state index in [9.17, 15) is 4.79 Å². The zero-order valence-corrected chi connectivity index (χ0v) is 14.9. The van der Waals surface area contributed by atoms with Gasteiger partial charge in [-0.3, -0.25) is 9.36 Å². The zero-order chi connectivity index (χ0) is 17.4. The standard InChI is InChI=1S/C19H25N5O/c1-22-16-7-8-17(22)11-18(10-16)23(2)19(25)9-14-3-5-15(6-4-14)24-12-20-21-13-24/h3-6,12-13,16-18H,7-11H2,1-2H3. The third-order valence-corrected chi connectivity index (χ3v) is 6.02. The number of benzene rings is 1. The molecule has 0 aliphatic carbocycles. The van der Waals surface area contributed by atoms with Crippen LogP contribution < -0.4 is 0 Å². The van der Waals surface area contributed by atoms with Crippen LogP contribution in [0.5, 0.6) is 0 Å². The summed E-state index contributed by atoms with van der Waals surface area (Å²) in [5.41, 5.74) is 2.05. The summed E-state index contributed by atoms with van der Waals surface area (Å²) >= 11 is 0. The Bertz CT molecular complexity index is 713. The van der Waals surface area contributed by atoms with Crippen molar-refractivity contribution in [1.29, 1.82) is 0 Å². The van der Waals surface area contributed by atoms with Crippen LogP contribution in [0.15, 0.2) is 36.9 Å². The van der Waals surface area contributed by atoms with Crippen molar-refractivity contribution in [3.63, 3.8) is 0 Å². The van der Waals surface area contributed by atoms with Crippen molar-refractivity contribution in [2.45, 2.75) is 50.2 Å². The number of hydrogen-bond donors (Lipinski definition) is 0. The van der Waals surface area contributed by atoms with E-state index in [4.69, 9.17) is 0 Å². The summed E-state index contributed by atoms with van der Waals surface area (Å²) in [6, 6.07) is 9.73. The summed E-state index contributed by atoms with van der Waals surface area (Å²) in [5.74, 6) is 0.214. The highest BCUT2D eigenvalue weighted by molar-refractivity contribution is 5.79. The zero-order valence-electron chi connectivity index (χ0n) is 14.9. The molecular formula is C19H25N5O. The first-order valence-corrected chi connectivity index (χ1v) is 9.03. The lowest BCUT2D eigenvalue weighted by Gasteiger charge is -2.40. The summed E-state index contributed by atoms with van der Waals surface area (Å²) in [4.78, 5) is 17.2. The second-order valence-corrected chi connectivity index (χ2v) is 7.39. The molecule has 132 valence electrons. The Balaban J connectivity index is 1.38. The molecule has 25 heavy (non-hydrogen) atoms. The van der Waals surface area contributed by atoms with E-state index in [2.05, 4.69) is 22.1 Å². The predicted molar refractivity (Wildman–Crippen MR) is 95.4 cm³/mol. The molecular weight excluding hydrogens is 314 g/mol. The van der Waals surface area contributed by atoms with Crippen molar-refractivity contribution in [1.82, 2.24) is 24.6 Å². The van der Waals surface area contributed by atoms with Crippen molar-refractivity contribution in [2.24, 2.45) is 0 Å². The van der Waals surface area contributed by atoms with Crippen LogP contribution in [0.1, 0.15) is 31.2 Å². The van der Waals surface area contributed by atoms with Crippen molar-refractivity contribution in [3.8, 4) is 5.69 Å². The van der Waals surface area contributed by atoms with Crippen LogP contribution >= 0.6 is 0 Å². The maximum atomic E-state index is 12.7. The van der Waals surface area contributed by atoms with Gasteiger partial charge in [-0.15, -0.1) is 10.2 Å². The molecule has 0 spiro atoms. The van der Waals surface area contributed by atoms with E-state index in [0.717, 1.165) is 24.1 Å². The smallest absolute Gasteiger partial charge is 0.226 e. The topological polar surface area (TPSA) is 54.3 Å². The van der Waals surface area contributed by atoms with Gasteiger partial charge in [0.25, 0.3) is 0 Å². The number of rotatable bonds is 4. The van der Waals surface area contributed by atoms with E-state index in [1.165, 1.54) is 12.8 Å². The van der Waals surface area contributed by atoms with E-state index >= 15 is 0 Å². The fourth-order valence-corrected chi connectivity index (χ4v) is 4.32. The summed E-state index contributed by atoms with van der Waals surface area (Å²) < 4.78 is 1.85. The van der Waals surface area contributed by atoms with Gasteiger partial charge in [0, 0.05) is 30.9 Å². The summed E-state index contributed by atoms with van der Waals surface area (Å²) in [6.45, 7) is 0. The number of likely N-dealkylation sites (N-methyl/N-ethyl adjacent to an activating group) is 1. The minimum absolute atomic E-state index is 0.214. The molecule has 1 aromatic carbocycles. The van der Waals surface area contributed by atoms with Crippen molar-refractivity contribution in [2.75, 3.05) is 14.1 Å². The number of piperidine rings is 1. The van der Waals surface area contributed by atoms with Crippen LogP contribution in [0.25, 0.3) is 5.69 Å². The quantitative estimate of drug-likeness (QED) is 0.854. The first kappa shape index (κ1) is 16.3. The van der Waals surface area contributed by atoms with E-state index in [-0.39, 0.29) is 5.91 Å². The second-order valence-electron chi connectivity index (χ2n) is 7.39. The highest BCUT2D eigenvalue weighted by Gasteiger charge is 2.40. The predicted octanol–water partition coefficient (Wildman–Crippen LogP) is 1.89. The van der Waals surface area contributed by atoms with Gasteiger partial charge >= 0.3 is 0 Å². The van der Waals surface area contributed by atoms with Gasteiger partial charge in [-0.1, -0.05) is 12.1 Å². The normalized spacial score (nSPS) is 25.9. The van der Waals surface area contributed by atoms with E-state index in [1.807, 2.05) is 40.8 Å². The van der Waals surface area contributed by atoms with E-state index < -0.39 is 0 Å². The van der Waals surface area contributed by atoms with Crippen LogP contribution in [0, 0.1) is 0 Å². The molecule has 2 atom stereocenters. The van der Waals surface area contributed by atoms with Crippen molar-refractivity contribution >= 4 is 5.91 Å². The average molecular weight is 339 g/mol. The van der Waals surface area contributed by atoms with E-state index in [1.54, 1.807) is 12.7 Å². The second kappa shape index (κ2) is 6.59. The Morgan fingerprint density at radius 2 is 1.72 bits per heavy atom. The SMILES string of the molecule is CN(C(=O)Cc1ccc(-n2cnnc2)cc1)C1CC2CCC(C1)N2C. The minimum atomic E-state index is 0.214. The van der Waals surface area contributed by atoms with Gasteiger partial charge in [0.2, 0.25) is 5.91 Å². The van der Waals surface area contributed by atoms with Gasteiger partial charge in [0.05, 0.1) is 6.42 Å². The molecule has 0 radical (unpaired) electrons. The lowest BCUT2D eigenvalue weighted by Crippen LogP contribution is -2.49.